The first-order valence-corrected chi connectivity index (χ1v) is 6.24. The Bertz CT molecular complexity index is 114. The van der Waals surface area contributed by atoms with Gasteiger partial charge in [-0.2, -0.15) is 0 Å². The van der Waals surface area contributed by atoms with Crippen molar-refractivity contribution in [1.82, 2.24) is 0 Å². The third kappa shape index (κ3) is 1.22. The van der Waals surface area contributed by atoms with Gasteiger partial charge in [-0.1, -0.05) is 32.3 Å². The van der Waals surface area contributed by atoms with Gasteiger partial charge in [-0.15, -0.1) is 6.58 Å². The molecule has 0 aromatic heterocycles. The van der Waals surface area contributed by atoms with Crippen molar-refractivity contribution in [2.24, 2.45) is 0 Å². The normalized spacial score (nSPS) is 38.5. The van der Waals surface area contributed by atoms with Crippen molar-refractivity contribution in [3.05, 3.63) is 18.7 Å². The molecular formula is C7H13Si-. The van der Waals surface area contributed by atoms with Crippen LogP contribution >= 0.6 is 0 Å². The smallest absolute Gasteiger partial charge is 0.0373 e. The van der Waals surface area contributed by atoms with Gasteiger partial charge in [0.2, 0.25) is 0 Å². The second-order valence-electron chi connectivity index (χ2n) is 3.24. The van der Waals surface area contributed by atoms with Crippen LogP contribution in [-0.4, -0.2) is 8.07 Å². The van der Waals surface area contributed by atoms with Crippen molar-refractivity contribution in [1.29, 1.82) is 0 Å². The van der Waals surface area contributed by atoms with E-state index in [4.69, 9.17) is 0 Å². The fourth-order valence-corrected chi connectivity index (χ4v) is 3.78. The average Bonchev–Trinajstić information content (AvgIpc) is 1.82. The molecule has 0 saturated carbocycles. The van der Waals surface area contributed by atoms with Crippen molar-refractivity contribution in [3.8, 4) is 0 Å². The molecule has 0 amide bonds. The molecule has 1 rings (SSSR count). The van der Waals surface area contributed by atoms with Crippen LogP contribution in [0.25, 0.3) is 0 Å². The highest BCUT2D eigenvalue weighted by molar-refractivity contribution is 6.81. The Morgan fingerprint density at radius 3 is 2.50 bits per heavy atom. The largest absolute Gasteiger partial charge is 0.342 e. The fourth-order valence-electron chi connectivity index (χ4n) is 1.26. The summed E-state index contributed by atoms with van der Waals surface area (Å²) in [4.78, 5) is 0. The molecule has 0 aromatic rings. The summed E-state index contributed by atoms with van der Waals surface area (Å²) in [5.74, 6) is 0. The second kappa shape index (κ2) is 1.73. The summed E-state index contributed by atoms with van der Waals surface area (Å²) in [6, 6.07) is 2.64. The summed E-state index contributed by atoms with van der Waals surface area (Å²) < 4.78 is 0. The minimum absolute atomic E-state index is 0.953. The summed E-state index contributed by atoms with van der Waals surface area (Å²) in [6.45, 7) is 10.5. The van der Waals surface area contributed by atoms with Gasteiger partial charge in [0, 0.05) is 0 Å². The monoisotopic (exact) mass is 125 g/mol. The van der Waals surface area contributed by atoms with Gasteiger partial charge in [-0.25, -0.2) is 0 Å². The lowest BCUT2D eigenvalue weighted by Gasteiger charge is -2.21. The van der Waals surface area contributed by atoms with Crippen molar-refractivity contribution in [2.45, 2.75) is 25.1 Å². The molecule has 46 valence electrons. The lowest BCUT2D eigenvalue weighted by atomic mass is 10.3. The third-order valence-electron chi connectivity index (χ3n) is 1.76. The Kier molecular flexibility index (Phi) is 1.31. The minimum atomic E-state index is -0.953. The molecule has 0 nitrogen and oxygen atoms in total. The van der Waals surface area contributed by atoms with E-state index in [1.807, 2.05) is 0 Å². The molecule has 1 heteroatoms. The summed E-state index contributed by atoms with van der Waals surface area (Å²) in [5, 5.41) is 0. The molecule has 0 aliphatic carbocycles. The molecule has 1 fully saturated rings. The van der Waals surface area contributed by atoms with E-state index in [1.165, 1.54) is 24.1 Å². The Morgan fingerprint density at radius 2 is 2.38 bits per heavy atom. The quantitative estimate of drug-likeness (QED) is 0.265. The highest BCUT2D eigenvalue weighted by Crippen LogP contribution is 2.31. The van der Waals surface area contributed by atoms with Crippen LogP contribution in [0.3, 0.4) is 0 Å². The van der Waals surface area contributed by atoms with Crippen LogP contribution in [0.1, 0.15) is 6.42 Å². The van der Waals surface area contributed by atoms with E-state index in [0.29, 0.717) is 0 Å². The molecule has 0 aromatic carbocycles. The molecule has 1 aliphatic rings. The van der Waals surface area contributed by atoms with E-state index < -0.39 is 8.07 Å². The van der Waals surface area contributed by atoms with Gasteiger partial charge in [0.05, 0.1) is 0 Å². The highest BCUT2D eigenvalue weighted by Gasteiger charge is 2.19. The van der Waals surface area contributed by atoms with Crippen LogP contribution in [0, 0.1) is 6.55 Å². The van der Waals surface area contributed by atoms with Gasteiger partial charge in [0.1, 0.15) is 0 Å². The van der Waals surface area contributed by atoms with Crippen LogP contribution in [0.2, 0.25) is 18.6 Å². The van der Waals surface area contributed by atoms with Crippen molar-refractivity contribution in [2.75, 3.05) is 0 Å². The first kappa shape index (κ1) is 6.08. The van der Waals surface area contributed by atoms with Gasteiger partial charge in [0.25, 0.3) is 0 Å². The molecule has 0 N–H and O–H groups in total. The lowest BCUT2D eigenvalue weighted by Crippen LogP contribution is -2.19. The van der Waals surface area contributed by atoms with Crippen molar-refractivity contribution < 1.29 is 0 Å². The Balaban J connectivity index is 2.56. The maximum absolute atomic E-state index is 4.20. The van der Waals surface area contributed by atoms with Crippen molar-refractivity contribution >= 4 is 8.07 Å². The Labute approximate surface area is 52.6 Å². The fraction of sp³-hybridized carbons (Fsp3) is 0.571. The standard InChI is InChI=1S/C7H13Si/c1-7-4-5-8(2,3)6-7/h1-2,4-6H2,3H3/q-1. The van der Waals surface area contributed by atoms with E-state index in [1.54, 1.807) is 0 Å². The second-order valence-corrected chi connectivity index (χ2v) is 7.71. The topological polar surface area (TPSA) is 0 Å². The maximum atomic E-state index is 4.20. The average molecular weight is 125 g/mol. The van der Waals surface area contributed by atoms with Gasteiger partial charge in [0.15, 0.2) is 0 Å². The zero-order valence-electron chi connectivity index (χ0n) is 5.54. The van der Waals surface area contributed by atoms with Crippen LogP contribution in [-0.2, 0) is 0 Å². The molecule has 0 bridgehead atoms. The summed E-state index contributed by atoms with van der Waals surface area (Å²) in [7, 11) is -0.953. The van der Waals surface area contributed by atoms with Gasteiger partial charge >= 0.3 is 0 Å². The molecule has 8 heavy (non-hydrogen) atoms. The van der Waals surface area contributed by atoms with Gasteiger partial charge in [-0.3, -0.25) is 0 Å². The first-order valence-electron chi connectivity index (χ1n) is 3.12. The zero-order chi connectivity index (χ0) is 6.20. The van der Waals surface area contributed by atoms with E-state index in [0.717, 1.165) is 0 Å². The van der Waals surface area contributed by atoms with Crippen LogP contribution in [0.4, 0.5) is 0 Å². The zero-order valence-corrected chi connectivity index (χ0v) is 6.54. The number of rotatable bonds is 0. The molecule has 1 aliphatic heterocycles. The van der Waals surface area contributed by atoms with Crippen molar-refractivity contribution in [3.63, 3.8) is 0 Å². The van der Waals surface area contributed by atoms with Gasteiger partial charge in [-0.05, 0) is 6.42 Å². The first-order chi connectivity index (χ1) is 3.60. The molecule has 1 atom stereocenters. The lowest BCUT2D eigenvalue weighted by molar-refractivity contribution is 1.16. The van der Waals surface area contributed by atoms with E-state index >= 15 is 0 Å². The summed E-state index contributed by atoms with van der Waals surface area (Å²) >= 11 is 0. The van der Waals surface area contributed by atoms with Crippen LogP contribution in [0.5, 0.6) is 0 Å². The van der Waals surface area contributed by atoms with E-state index in [2.05, 4.69) is 19.7 Å². The van der Waals surface area contributed by atoms with E-state index in [9.17, 15) is 0 Å². The minimum Gasteiger partial charge on any atom is -0.342 e. The Morgan fingerprint density at radius 1 is 1.75 bits per heavy atom. The predicted octanol–water partition coefficient (Wildman–Crippen LogP) is 2.40. The number of allylic oxidation sites excluding steroid dienone is 1. The SMILES string of the molecule is C=C1CC[Si]([CH2-])(C)C1. The molecule has 1 heterocycles. The molecule has 0 radical (unpaired) electrons. The maximum Gasteiger partial charge on any atom is -0.0373 e. The summed E-state index contributed by atoms with van der Waals surface area (Å²) in [5.41, 5.74) is 1.44. The summed E-state index contributed by atoms with van der Waals surface area (Å²) in [6.07, 6.45) is 1.26. The third-order valence-corrected chi connectivity index (χ3v) is 4.57. The molecule has 1 saturated heterocycles. The number of hydrogen-bond acceptors (Lipinski definition) is 0. The number of hydrogen-bond donors (Lipinski definition) is 0. The molecule has 1 unspecified atom stereocenters. The molecule has 0 spiro atoms. The molecular weight excluding hydrogens is 112 g/mol. The van der Waals surface area contributed by atoms with E-state index in [-0.39, 0.29) is 0 Å². The van der Waals surface area contributed by atoms with Gasteiger partial charge < -0.3 is 6.55 Å². The van der Waals surface area contributed by atoms with Crippen LogP contribution < -0.4 is 0 Å². The van der Waals surface area contributed by atoms with Crippen LogP contribution in [0.15, 0.2) is 12.2 Å². The highest BCUT2D eigenvalue weighted by atomic mass is 28.3. The predicted molar refractivity (Wildman–Crippen MR) is 40.3 cm³/mol. The Hall–Kier alpha value is -0.0431.